The molecule has 2 atom stereocenters. The third-order valence-corrected chi connectivity index (χ3v) is 6.93. The zero-order valence-electron chi connectivity index (χ0n) is 19.1. The Balaban J connectivity index is 1.46. The Morgan fingerprint density at radius 2 is 1.74 bits per heavy atom. The van der Waals surface area contributed by atoms with Crippen molar-refractivity contribution in [3.63, 3.8) is 0 Å². The summed E-state index contributed by atoms with van der Waals surface area (Å²) in [5.74, 6) is 0.160. The van der Waals surface area contributed by atoms with Gasteiger partial charge in [0.1, 0.15) is 31.9 Å². The highest BCUT2D eigenvalue weighted by atomic mass is 32.2. The summed E-state index contributed by atoms with van der Waals surface area (Å²) in [6, 6.07) is 10.6. The SMILES string of the molecule is CC(C)[C@H](NS(=O)(=O)c1ccc2c(c1)OCCO2)C(=O)N[C@H](C)c1ccc(-n2cncn2)cc1. The van der Waals surface area contributed by atoms with E-state index in [2.05, 4.69) is 20.1 Å². The Morgan fingerprint density at radius 3 is 2.38 bits per heavy atom. The number of fused-ring (bicyclic) bond motifs is 1. The highest BCUT2D eigenvalue weighted by molar-refractivity contribution is 7.89. The molecule has 0 aliphatic carbocycles. The van der Waals surface area contributed by atoms with Crippen molar-refractivity contribution in [3.05, 3.63) is 60.7 Å². The third kappa shape index (κ3) is 5.20. The van der Waals surface area contributed by atoms with Crippen LogP contribution in [0, 0.1) is 5.92 Å². The first-order chi connectivity index (χ1) is 16.2. The molecule has 0 radical (unpaired) electrons. The van der Waals surface area contributed by atoms with Crippen molar-refractivity contribution in [2.45, 2.75) is 37.8 Å². The Labute approximate surface area is 198 Å². The zero-order chi connectivity index (χ0) is 24.3. The number of nitrogens with zero attached hydrogens (tertiary/aromatic N) is 3. The van der Waals surface area contributed by atoms with Crippen LogP contribution in [-0.4, -0.2) is 48.3 Å². The molecule has 0 spiro atoms. The van der Waals surface area contributed by atoms with Gasteiger partial charge in [-0.25, -0.2) is 18.1 Å². The van der Waals surface area contributed by atoms with Crippen LogP contribution in [-0.2, 0) is 14.8 Å². The molecule has 0 fully saturated rings. The van der Waals surface area contributed by atoms with Crippen LogP contribution in [0.5, 0.6) is 11.5 Å². The maximum absolute atomic E-state index is 13.1. The van der Waals surface area contributed by atoms with E-state index in [-0.39, 0.29) is 16.9 Å². The summed E-state index contributed by atoms with van der Waals surface area (Å²) in [5, 5.41) is 7.00. The summed E-state index contributed by atoms with van der Waals surface area (Å²) in [6.07, 6.45) is 3.05. The minimum Gasteiger partial charge on any atom is -0.486 e. The number of carbonyl (C=O) groups is 1. The van der Waals surface area contributed by atoms with Crippen LogP contribution in [0.15, 0.2) is 60.0 Å². The van der Waals surface area contributed by atoms with E-state index in [0.29, 0.717) is 24.7 Å². The van der Waals surface area contributed by atoms with E-state index < -0.39 is 22.0 Å². The second kappa shape index (κ2) is 9.82. The van der Waals surface area contributed by atoms with Crippen LogP contribution in [0.1, 0.15) is 32.4 Å². The number of sulfonamides is 1. The summed E-state index contributed by atoms with van der Waals surface area (Å²) >= 11 is 0. The molecule has 2 N–H and O–H groups in total. The molecule has 1 aliphatic rings. The molecule has 4 rings (SSSR count). The van der Waals surface area contributed by atoms with Crippen LogP contribution in [0.3, 0.4) is 0 Å². The van der Waals surface area contributed by atoms with Gasteiger partial charge in [-0.15, -0.1) is 0 Å². The molecule has 3 aromatic rings. The Morgan fingerprint density at radius 1 is 1.03 bits per heavy atom. The van der Waals surface area contributed by atoms with E-state index in [1.54, 1.807) is 30.9 Å². The molecule has 10 nitrogen and oxygen atoms in total. The Kier molecular flexibility index (Phi) is 6.85. The molecule has 11 heteroatoms. The van der Waals surface area contributed by atoms with Crippen LogP contribution >= 0.6 is 0 Å². The topological polar surface area (TPSA) is 124 Å². The van der Waals surface area contributed by atoms with Crippen molar-refractivity contribution in [1.29, 1.82) is 0 Å². The number of benzene rings is 2. The van der Waals surface area contributed by atoms with Gasteiger partial charge in [0.05, 0.1) is 16.6 Å². The average molecular weight is 486 g/mol. The van der Waals surface area contributed by atoms with Crippen molar-refractivity contribution >= 4 is 15.9 Å². The van der Waals surface area contributed by atoms with Gasteiger partial charge >= 0.3 is 0 Å². The minimum atomic E-state index is -3.98. The number of carbonyl (C=O) groups excluding carboxylic acids is 1. The van der Waals surface area contributed by atoms with Gasteiger partial charge in [-0.2, -0.15) is 9.82 Å². The smallest absolute Gasteiger partial charge is 0.241 e. The summed E-state index contributed by atoms with van der Waals surface area (Å²) in [5.41, 5.74) is 1.71. The highest BCUT2D eigenvalue weighted by Crippen LogP contribution is 2.32. The van der Waals surface area contributed by atoms with Gasteiger partial charge in [0.25, 0.3) is 0 Å². The number of ether oxygens (including phenoxy) is 2. The van der Waals surface area contributed by atoms with Crippen LogP contribution in [0.2, 0.25) is 0 Å². The monoisotopic (exact) mass is 485 g/mol. The van der Waals surface area contributed by atoms with E-state index in [4.69, 9.17) is 9.47 Å². The van der Waals surface area contributed by atoms with E-state index in [9.17, 15) is 13.2 Å². The lowest BCUT2D eigenvalue weighted by Gasteiger charge is -2.25. The molecule has 1 amide bonds. The lowest BCUT2D eigenvalue weighted by molar-refractivity contribution is -0.124. The summed E-state index contributed by atoms with van der Waals surface area (Å²) in [7, 11) is -3.98. The lowest BCUT2D eigenvalue weighted by atomic mass is 10.0. The molecule has 34 heavy (non-hydrogen) atoms. The van der Waals surface area contributed by atoms with E-state index in [0.717, 1.165) is 11.3 Å². The van der Waals surface area contributed by atoms with Crippen LogP contribution < -0.4 is 19.5 Å². The molecular weight excluding hydrogens is 458 g/mol. The fraction of sp³-hybridized carbons (Fsp3) is 0.348. The zero-order valence-corrected chi connectivity index (χ0v) is 20.0. The molecule has 0 saturated carbocycles. The van der Waals surface area contributed by atoms with E-state index in [1.807, 2.05) is 31.2 Å². The molecule has 2 heterocycles. The van der Waals surface area contributed by atoms with Crippen LogP contribution in [0.25, 0.3) is 5.69 Å². The van der Waals surface area contributed by atoms with Crippen molar-refractivity contribution in [3.8, 4) is 17.2 Å². The number of aromatic nitrogens is 3. The number of hydrogen-bond acceptors (Lipinski definition) is 7. The van der Waals surface area contributed by atoms with Gasteiger partial charge in [0.2, 0.25) is 15.9 Å². The van der Waals surface area contributed by atoms with Gasteiger partial charge in [-0.05, 0) is 42.7 Å². The maximum Gasteiger partial charge on any atom is 0.241 e. The second-order valence-corrected chi connectivity index (χ2v) is 10.0. The molecule has 2 aromatic carbocycles. The van der Waals surface area contributed by atoms with Gasteiger partial charge in [0.15, 0.2) is 11.5 Å². The standard InChI is InChI=1S/C23H27N5O5S/c1-15(2)22(27-34(30,31)19-8-9-20-21(12-19)33-11-10-32-20)23(29)26-16(3)17-4-6-18(7-5-17)28-14-24-13-25-28/h4-9,12-16,22,27H,10-11H2,1-3H3,(H,26,29)/t16-,22+/m1/s1. The quantitative estimate of drug-likeness (QED) is 0.501. The summed E-state index contributed by atoms with van der Waals surface area (Å²) in [4.78, 5) is 17.0. The average Bonchev–Trinajstić information content (AvgIpc) is 3.37. The van der Waals surface area contributed by atoms with Crippen molar-refractivity contribution in [2.24, 2.45) is 5.92 Å². The Bertz CT molecular complexity index is 1240. The first-order valence-corrected chi connectivity index (χ1v) is 12.4. The van der Waals surface area contributed by atoms with E-state index >= 15 is 0 Å². The highest BCUT2D eigenvalue weighted by Gasteiger charge is 2.30. The molecule has 0 saturated heterocycles. The number of rotatable bonds is 8. The van der Waals surface area contributed by atoms with Crippen LogP contribution in [0.4, 0.5) is 0 Å². The molecule has 0 bridgehead atoms. The van der Waals surface area contributed by atoms with Crippen molar-refractivity contribution in [1.82, 2.24) is 24.8 Å². The fourth-order valence-electron chi connectivity index (χ4n) is 3.56. The largest absolute Gasteiger partial charge is 0.486 e. The number of hydrogen-bond donors (Lipinski definition) is 2. The summed E-state index contributed by atoms with van der Waals surface area (Å²) in [6.45, 7) is 6.17. The lowest BCUT2D eigenvalue weighted by Crippen LogP contribution is -2.50. The van der Waals surface area contributed by atoms with Crippen molar-refractivity contribution in [2.75, 3.05) is 13.2 Å². The predicted molar refractivity (Wildman–Crippen MR) is 124 cm³/mol. The molecule has 1 aliphatic heterocycles. The first-order valence-electron chi connectivity index (χ1n) is 10.9. The third-order valence-electron chi connectivity index (χ3n) is 5.49. The molecule has 1 aromatic heterocycles. The molecule has 0 unspecified atom stereocenters. The maximum atomic E-state index is 13.1. The van der Waals surface area contributed by atoms with Gasteiger partial charge < -0.3 is 14.8 Å². The second-order valence-electron chi connectivity index (χ2n) is 8.31. The minimum absolute atomic E-state index is 0.00643. The van der Waals surface area contributed by atoms with Crippen molar-refractivity contribution < 1.29 is 22.7 Å². The first kappa shape index (κ1) is 23.7. The van der Waals surface area contributed by atoms with E-state index in [1.165, 1.54) is 18.5 Å². The van der Waals surface area contributed by atoms with Gasteiger partial charge in [-0.3, -0.25) is 4.79 Å². The number of amides is 1. The molecule has 180 valence electrons. The Hall–Kier alpha value is -3.44. The molecular formula is C23H27N5O5S. The predicted octanol–water partition coefficient (Wildman–Crippen LogP) is 2.22. The van der Waals surface area contributed by atoms with Gasteiger partial charge in [-0.1, -0.05) is 26.0 Å². The number of nitrogens with one attached hydrogen (secondary N) is 2. The van der Waals surface area contributed by atoms with Gasteiger partial charge in [0, 0.05) is 6.07 Å². The summed E-state index contributed by atoms with van der Waals surface area (Å²) < 4.78 is 41.2. The normalized spacial score (nSPS) is 15.1. The fourth-order valence-corrected chi connectivity index (χ4v) is 4.92.